The Morgan fingerprint density at radius 1 is 0.943 bits per heavy atom. The van der Waals surface area contributed by atoms with Crippen LogP contribution in [0.4, 0.5) is 10.6 Å². The molecule has 7 heteroatoms. The van der Waals surface area contributed by atoms with Crippen LogP contribution in [0.5, 0.6) is 0 Å². The number of carbonyl (C=O) groups excluding carboxylic acids is 1. The van der Waals surface area contributed by atoms with Gasteiger partial charge in [0.1, 0.15) is 16.5 Å². The summed E-state index contributed by atoms with van der Waals surface area (Å²) in [7, 11) is 0. The minimum Gasteiger partial charge on any atom is -0.352 e. The summed E-state index contributed by atoms with van der Waals surface area (Å²) in [6.07, 6.45) is 11.6. The largest absolute Gasteiger partial charge is 0.352 e. The fraction of sp³-hybridized carbons (Fsp3) is 0.536. The number of thiophene rings is 1. The average Bonchev–Trinajstić information content (AvgIpc) is 3.28. The maximum atomic E-state index is 12.9. The van der Waals surface area contributed by atoms with Gasteiger partial charge in [-0.25, -0.2) is 14.8 Å². The van der Waals surface area contributed by atoms with Crippen LogP contribution in [0.3, 0.4) is 0 Å². The zero-order chi connectivity index (χ0) is 23.6. The first kappa shape index (κ1) is 22.8. The SMILES string of the molecule is O=C(NC1CCCCC1)N1CCN(c2nc(Cc3ccccc3)nc3sc4c(c23)CCCC4)CC1. The molecule has 3 aliphatic rings. The number of rotatable bonds is 4. The molecule has 2 amide bonds. The standard InChI is InChI=1S/C28H35N5OS/c34-28(29-21-11-5-2-6-12-21)33-17-15-32(16-18-33)26-25-22-13-7-8-14-23(22)35-27(25)31-24(30-26)19-20-9-3-1-4-10-20/h1,3-4,9-10,21H,2,5-8,11-19H2,(H,29,34). The molecule has 0 atom stereocenters. The van der Waals surface area contributed by atoms with E-state index in [2.05, 4.69) is 40.5 Å². The highest BCUT2D eigenvalue weighted by atomic mass is 32.1. The molecule has 3 heterocycles. The number of benzene rings is 1. The molecule has 0 unspecified atom stereocenters. The van der Waals surface area contributed by atoms with E-state index in [-0.39, 0.29) is 6.03 Å². The molecule has 0 bridgehead atoms. The highest BCUT2D eigenvalue weighted by Crippen LogP contribution is 2.40. The highest BCUT2D eigenvalue weighted by molar-refractivity contribution is 7.19. The Morgan fingerprint density at radius 2 is 1.71 bits per heavy atom. The van der Waals surface area contributed by atoms with Gasteiger partial charge in [0, 0.05) is 43.5 Å². The minimum atomic E-state index is 0.113. The van der Waals surface area contributed by atoms with Gasteiger partial charge in [0.25, 0.3) is 0 Å². The van der Waals surface area contributed by atoms with E-state index >= 15 is 0 Å². The summed E-state index contributed by atoms with van der Waals surface area (Å²) in [5, 5.41) is 4.57. The number of amides is 2. The van der Waals surface area contributed by atoms with Crippen molar-refractivity contribution >= 4 is 33.4 Å². The maximum Gasteiger partial charge on any atom is 0.317 e. The molecule has 184 valence electrons. The second-order valence-corrected chi connectivity index (χ2v) is 11.4. The van der Waals surface area contributed by atoms with Crippen LogP contribution in [0.25, 0.3) is 10.2 Å². The third-order valence-electron chi connectivity index (χ3n) is 7.85. The minimum absolute atomic E-state index is 0.113. The van der Waals surface area contributed by atoms with Crippen molar-refractivity contribution in [2.45, 2.75) is 70.3 Å². The molecule has 6 nitrogen and oxygen atoms in total. The van der Waals surface area contributed by atoms with Crippen molar-refractivity contribution in [3.8, 4) is 0 Å². The first-order valence-electron chi connectivity index (χ1n) is 13.4. The molecule has 2 aromatic heterocycles. The quantitative estimate of drug-likeness (QED) is 0.538. The number of aryl methyl sites for hydroxylation is 2. The van der Waals surface area contributed by atoms with Crippen LogP contribution in [0.15, 0.2) is 30.3 Å². The lowest BCUT2D eigenvalue weighted by atomic mass is 9.96. The Kier molecular flexibility index (Phi) is 6.59. The summed E-state index contributed by atoms with van der Waals surface area (Å²) in [5.74, 6) is 1.99. The van der Waals surface area contributed by atoms with E-state index in [4.69, 9.17) is 9.97 Å². The first-order valence-corrected chi connectivity index (χ1v) is 14.2. The van der Waals surface area contributed by atoms with Crippen molar-refractivity contribution in [3.63, 3.8) is 0 Å². The number of urea groups is 1. The van der Waals surface area contributed by atoms with E-state index in [1.54, 1.807) is 0 Å². The number of aromatic nitrogens is 2. The van der Waals surface area contributed by atoms with Gasteiger partial charge in [-0.3, -0.25) is 0 Å². The van der Waals surface area contributed by atoms with Crippen molar-refractivity contribution in [2.24, 2.45) is 0 Å². The number of nitrogens with zero attached hydrogens (tertiary/aromatic N) is 4. The van der Waals surface area contributed by atoms with Gasteiger partial charge in [-0.15, -0.1) is 11.3 Å². The maximum absolute atomic E-state index is 12.9. The molecule has 6 rings (SSSR count). The molecule has 0 spiro atoms. The Hall–Kier alpha value is -2.67. The molecular formula is C28H35N5OS. The van der Waals surface area contributed by atoms with Crippen LogP contribution < -0.4 is 10.2 Å². The molecule has 35 heavy (non-hydrogen) atoms. The number of hydrogen-bond donors (Lipinski definition) is 1. The topological polar surface area (TPSA) is 61.4 Å². The fourth-order valence-corrected chi connectivity index (χ4v) is 7.18. The van der Waals surface area contributed by atoms with Gasteiger partial charge in [0.2, 0.25) is 0 Å². The third-order valence-corrected chi connectivity index (χ3v) is 9.03. The Bertz CT molecular complexity index is 1180. The molecule has 1 aliphatic heterocycles. The average molecular weight is 490 g/mol. The Morgan fingerprint density at radius 3 is 2.51 bits per heavy atom. The van der Waals surface area contributed by atoms with Crippen LogP contribution in [0, 0.1) is 0 Å². The van der Waals surface area contributed by atoms with Crippen molar-refractivity contribution in [3.05, 3.63) is 52.2 Å². The van der Waals surface area contributed by atoms with Crippen LogP contribution in [0.2, 0.25) is 0 Å². The van der Waals surface area contributed by atoms with E-state index in [1.807, 2.05) is 16.2 Å². The van der Waals surface area contributed by atoms with Crippen molar-refractivity contribution in [2.75, 3.05) is 31.1 Å². The summed E-state index contributed by atoms with van der Waals surface area (Å²) >= 11 is 1.88. The normalized spacial score (nSPS) is 19.1. The highest BCUT2D eigenvalue weighted by Gasteiger charge is 2.28. The van der Waals surface area contributed by atoms with E-state index < -0.39 is 0 Å². The number of hydrogen-bond acceptors (Lipinski definition) is 5. The molecule has 2 fully saturated rings. The number of anilines is 1. The zero-order valence-electron chi connectivity index (χ0n) is 20.5. The smallest absolute Gasteiger partial charge is 0.317 e. The predicted molar refractivity (Wildman–Crippen MR) is 142 cm³/mol. The van der Waals surface area contributed by atoms with E-state index in [1.165, 1.54) is 59.9 Å². The lowest BCUT2D eigenvalue weighted by molar-refractivity contribution is 0.186. The molecule has 1 saturated carbocycles. The van der Waals surface area contributed by atoms with E-state index in [0.29, 0.717) is 6.04 Å². The summed E-state index contributed by atoms with van der Waals surface area (Å²) in [5.41, 5.74) is 2.72. The number of piperazine rings is 1. The second-order valence-electron chi connectivity index (χ2n) is 10.3. The van der Waals surface area contributed by atoms with Gasteiger partial charge in [-0.1, -0.05) is 49.6 Å². The zero-order valence-corrected chi connectivity index (χ0v) is 21.3. The molecule has 1 N–H and O–H groups in total. The van der Waals surface area contributed by atoms with Gasteiger partial charge >= 0.3 is 6.03 Å². The van der Waals surface area contributed by atoms with Gasteiger partial charge in [-0.2, -0.15) is 0 Å². The van der Waals surface area contributed by atoms with Crippen LogP contribution in [-0.4, -0.2) is 53.1 Å². The Balaban J connectivity index is 1.24. The molecule has 2 aliphatic carbocycles. The third kappa shape index (κ3) is 4.88. The van der Waals surface area contributed by atoms with Gasteiger partial charge in [-0.05, 0) is 49.7 Å². The summed E-state index contributed by atoms with van der Waals surface area (Å²) in [4.78, 5) is 30.2. The number of carbonyl (C=O) groups is 1. The Labute approximate surface area is 211 Å². The van der Waals surface area contributed by atoms with Gasteiger partial charge in [0.15, 0.2) is 0 Å². The van der Waals surface area contributed by atoms with Gasteiger partial charge in [0.05, 0.1) is 5.39 Å². The van der Waals surface area contributed by atoms with Crippen LogP contribution in [-0.2, 0) is 19.3 Å². The second kappa shape index (κ2) is 10.1. The lowest BCUT2D eigenvalue weighted by Crippen LogP contribution is -2.54. The van der Waals surface area contributed by atoms with Gasteiger partial charge < -0.3 is 15.1 Å². The summed E-state index contributed by atoms with van der Waals surface area (Å²) < 4.78 is 0. The molecule has 3 aromatic rings. The van der Waals surface area contributed by atoms with Crippen molar-refractivity contribution < 1.29 is 4.79 Å². The monoisotopic (exact) mass is 489 g/mol. The van der Waals surface area contributed by atoms with Crippen LogP contribution >= 0.6 is 11.3 Å². The van der Waals surface area contributed by atoms with Crippen molar-refractivity contribution in [1.29, 1.82) is 0 Å². The fourth-order valence-electron chi connectivity index (χ4n) is 5.90. The van der Waals surface area contributed by atoms with Crippen LogP contribution in [0.1, 0.15) is 66.8 Å². The molecular weight excluding hydrogens is 454 g/mol. The van der Waals surface area contributed by atoms with E-state index in [0.717, 1.165) is 68.3 Å². The first-order chi connectivity index (χ1) is 17.2. The molecule has 1 saturated heterocycles. The van der Waals surface area contributed by atoms with E-state index in [9.17, 15) is 4.79 Å². The summed E-state index contributed by atoms with van der Waals surface area (Å²) in [6.45, 7) is 3.12. The number of nitrogens with one attached hydrogen (secondary N) is 1. The van der Waals surface area contributed by atoms with Crippen molar-refractivity contribution in [1.82, 2.24) is 20.2 Å². The molecule has 0 radical (unpaired) electrons. The predicted octanol–water partition coefficient (Wildman–Crippen LogP) is 5.33. The lowest BCUT2D eigenvalue weighted by Gasteiger charge is -2.37. The summed E-state index contributed by atoms with van der Waals surface area (Å²) in [6, 6.07) is 11.0. The number of fused-ring (bicyclic) bond motifs is 3. The molecule has 1 aromatic carbocycles.